The van der Waals surface area contributed by atoms with E-state index in [1.807, 2.05) is 121 Å². The van der Waals surface area contributed by atoms with Crippen LogP contribution in [-0.4, -0.2) is 25.3 Å². The molecule has 7 nitrogen and oxygen atoms in total. The molecule has 0 saturated carbocycles. The second-order valence-corrected chi connectivity index (χ2v) is 11.1. The largest absolute Gasteiger partial charge is 0.494 e. The normalized spacial score (nSPS) is 13.0. The van der Waals surface area contributed by atoms with Crippen LogP contribution in [0.3, 0.4) is 0 Å². The van der Waals surface area contributed by atoms with Gasteiger partial charge in [0.05, 0.1) is 49.2 Å². The van der Waals surface area contributed by atoms with Crippen LogP contribution >= 0.6 is 0 Å². The molecule has 2 atom stereocenters. The van der Waals surface area contributed by atoms with Crippen LogP contribution in [0.15, 0.2) is 166 Å². The predicted molar refractivity (Wildman–Crippen MR) is 190 cm³/mol. The van der Waals surface area contributed by atoms with Gasteiger partial charge in [-0.05, 0) is 99.2 Å². The van der Waals surface area contributed by atoms with Gasteiger partial charge in [-0.25, -0.2) is 0 Å². The van der Waals surface area contributed by atoms with Crippen LogP contribution in [0.1, 0.15) is 51.4 Å². The number of hydrogen-bond acceptors (Lipinski definition) is 7. The van der Waals surface area contributed by atoms with Crippen molar-refractivity contribution in [2.24, 2.45) is 20.5 Å². The molecule has 0 saturated heterocycles. The quantitative estimate of drug-likeness (QED) is 0.0492. The first-order valence-corrected chi connectivity index (χ1v) is 16.6. The Bertz CT molecular complexity index is 1350. The van der Waals surface area contributed by atoms with E-state index in [2.05, 4.69) is 32.6 Å². The van der Waals surface area contributed by atoms with Gasteiger partial charge in [-0.3, -0.25) is 0 Å². The van der Waals surface area contributed by atoms with Crippen molar-refractivity contribution in [3.05, 3.63) is 146 Å². The zero-order valence-corrected chi connectivity index (χ0v) is 27.1. The van der Waals surface area contributed by atoms with Crippen LogP contribution < -0.4 is 9.47 Å². The summed E-state index contributed by atoms with van der Waals surface area (Å²) in [6.07, 6.45) is 14.9. The van der Waals surface area contributed by atoms with Crippen molar-refractivity contribution in [3.8, 4) is 11.5 Å². The van der Waals surface area contributed by atoms with Crippen molar-refractivity contribution in [3.63, 3.8) is 0 Å². The van der Waals surface area contributed by atoms with Gasteiger partial charge in [0.15, 0.2) is 0 Å². The smallest absolute Gasteiger partial charge is 0.119 e. The molecule has 0 aliphatic carbocycles. The van der Waals surface area contributed by atoms with Crippen LogP contribution in [0.5, 0.6) is 11.5 Å². The summed E-state index contributed by atoms with van der Waals surface area (Å²) in [6.45, 7) is 1.20. The maximum Gasteiger partial charge on any atom is 0.119 e. The highest BCUT2D eigenvalue weighted by Gasteiger charge is 2.09. The number of benzene rings is 4. The Morgan fingerprint density at radius 1 is 0.468 bits per heavy atom. The molecule has 4 aromatic carbocycles. The summed E-state index contributed by atoms with van der Waals surface area (Å²) in [6, 6.07) is 39.7. The summed E-state index contributed by atoms with van der Waals surface area (Å²) >= 11 is 0. The topological polar surface area (TPSA) is 77.1 Å². The third-order valence-electron chi connectivity index (χ3n) is 7.28. The second kappa shape index (κ2) is 22.5. The second-order valence-electron chi connectivity index (χ2n) is 11.1. The van der Waals surface area contributed by atoms with Crippen molar-refractivity contribution >= 4 is 11.4 Å². The Morgan fingerprint density at radius 2 is 0.851 bits per heavy atom. The van der Waals surface area contributed by atoms with E-state index in [1.54, 1.807) is 12.5 Å². The molecule has 0 spiro atoms. The van der Waals surface area contributed by atoms with E-state index >= 15 is 0 Å². The van der Waals surface area contributed by atoms with E-state index in [0.29, 0.717) is 13.2 Å². The van der Waals surface area contributed by atoms with Crippen LogP contribution in [0.25, 0.3) is 0 Å². The van der Waals surface area contributed by atoms with Crippen molar-refractivity contribution < 1.29 is 14.2 Å². The maximum atomic E-state index is 5.91. The van der Waals surface area contributed by atoms with Gasteiger partial charge in [0.25, 0.3) is 0 Å². The van der Waals surface area contributed by atoms with Crippen molar-refractivity contribution in [2.75, 3.05) is 13.2 Å². The van der Waals surface area contributed by atoms with E-state index in [4.69, 9.17) is 14.2 Å². The fourth-order valence-electron chi connectivity index (χ4n) is 4.70. The summed E-state index contributed by atoms with van der Waals surface area (Å²) < 4.78 is 17.4. The fourth-order valence-corrected chi connectivity index (χ4v) is 4.70. The number of rotatable bonds is 22. The highest BCUT2D eigenvalue weighted by atomic mass is 16.5. The minimum absolute atomic E-state index is 0.0917. The van der Waals surface area contributed by atoms with Gasteiger partial charge < -0.3 is 14.2 Å². The Hall–Kier alpha value is -5.04. The summed E-state index contributed by atoms with van der Waals surface area (Å²) in [7, 11) is 0. The zero-order valence-electron chi connectivity index (χ0n) is 27.1. The third-order valence-corrected chi connectivity index (χ3v) is 7.28. The number of para-hydroxylation sites is 2. The van der Waals surface area contributed by atoms with E-state index in [0.717, 1.165) is 74.2 Å². The maximum absolute atomic E-state index is 5.91. The standard InChI is InChI=1S/C40H46N4O3/c1-7-19-35(20-8-1)41-43-37(29-33-46-39-25-13-3-14-26-39)23-11-5-17-31-45-32-18-6-12-24-38(44-42-36-21-9-2-10-22-36)30-34-47-40-27-15-4-16-28-40/h1-4,7-10,13-22,25-28,31-32,37-38H,5-6,11-12,23-24,29-30,33-34H2. The van der Waals surface area contributed by atoms with E-state index in [-0.39, 0.29) is 12.1 Å². The highest BCUT2D eigenvalue weighted by Crippen LogP contribution is 2.19. The number of unbranched alkanes of at least 4 members (excludes halogenated alkanes) is 2. The van der Waals surface area contributed by atoms with Gasteiger partial charge in [-0.2, -0.15) is 20.5 Å². The summed E-state index contributed by atoms with van der Waals surface area (Å²) in [5.41, 5.74) is 1.73. The Labute approximate surface area is 279 Å². The molecule has 2 unspecified atom stereocenters. The Balaban J connectivity index is 1.13. The lowest BCUT2D eigenvalue weighted by molar-refractivity contribution is 0.292. The number of allylic oxidation sites excluding steroid dienone is 2. The highest BCUT2D eigenvalue weighted by molar-refractivity contribution is 5.35. The van der Waals surface area contributed by atoms with Gasteiger partial charge in [0.2, 0.25) is 0 Å². The molecule has 244 valence electrons. The molecule has 0 radical (unpaired) electrons. The average molecular weight is 631 g/mol. The molecule has 0 N–H and O–H groups in total. The molecule has 7 heteroatoms. The molecular formula is C40H46N4O3. The molecular weight excluding hydrogens is 584 g/mol. The fraction of sp³-hybridized carbons (Fsp3) is 0.300. The molecule has 0 bridgehead atoms. The van der Waals surface area contributed by atoms with Gasteiger partial charge >= 0.3 is 0 Å². The SMILES string of the molecule is C(=COC=CCCCC(CCOc1ccccc1)N=Nc1ccccc1)CCCC(CCOc1ccccc1)N=Nc1ccccc1. The lowest BCUT2D eigenvalue weighted by Crippen LogP contribution is -2.10. The predicted octanol–water partition coefficient (Wildman–Crippen LogP) is 11.6. The van der Waals surface area contributed by atoms with E-state index in [9.17, 15) is 0 Å². The number of azo groups is 2. The molecule has 4 aromatic rings. The molecule has 0 amide bonds. The summed E-state index contributed by atoms with van der Waals surface area (Å²) in [4.78, 5) is 0. The molecule has 0 aliphatic heterocycles. The van der Waals surface area contributed by atoms with Crippen LogP contribution in [0, 0.1) is 0 Å². The third kappa shape index (κ3) is 15.7. The number of nitrogens with zero attached hydrogens (tertiary/aromatic N) is 4. The van der Waals surface area contributed by atoms with Gasteiger partial charge in [-0.1, -0.05) is 72.8 Å². The average Bonchev–Trinajstić information content (AvgIpc) is 3.13. The van der Waals surface area contributed by atoms with Crippen molar-refractivity contribution in [1.29, 1.82) is 0 Å². The number of ether oxygens (including phenoxy) is 3. The van der Waals surface area contributed by atoms with Gasteiger partial charge in [0.1, 0.15) is 11.5 Å². The Morgan fingerprint density at radius 3 is 1.26 bits per heavy atom. The van der Waals surface area contributed by atoms with Crippen LogP contribution in [0.2, 0.25) is 0 Å². The Kier molecular flexibility index (Phi) is 16.6. The summed E-state index contributed by atoms with van der Waals surface area (Å²) in [5.74, 6) is 1.75. The first-order chi connectivity index (χ1) is 23.3. The van der Waals surface area contributed by atoms with Gasteiger partial charge in [0, 0.05) is 12.8 Å². The van der Waals surface area contributed by atoms with Gasteiger partial charge in [-0.15, -0.1) is 0 Å². The zero-order chi connectivity index (χ0) is 32.5. The minimum Gasteiger partial charge on any atom is -0.494 e. The lowest BCUT2D eigenvalue weighted by atomic mass is 10.1. The van der Waals surface area contributed by atoms with Crippen LogP contribution in [0.4, 0.5) is 11.4 Å². The van der Waals surface area contributed by atoms with Crippen molar-refractivity contribution in [1.82, 2.24) is 0 Å². The molecule has 47 heavy (non-hydrogen) atoms. The molecule has 0 fully saturated rings. The monoisotopic (exact) mass is 630 g/mol. The lowest BCUT2D eigenvalue weighted by Gasteiger charge is -2.12. The molecule has 4 rings (SSSR count). The van der Waals surface area contributed by atoms with E-state index < -0.39 is 0 Å². The van der Waals surface area contributed by atoms with E-state index in [1.165, 1.54) is 0 Å². The molecule has 0 aliphatic rings. The first-order valence-electron chi connectivity index (χ1n) is 16.6. The first kappa shape index (κ1) is 34.8. The molecule has 0 heterocycles. The summed E-state index contributed by atoms with van der Waals surface area (Å²) in [5, 5.41) is 18.2. The molecule has 0 aromatic heterocycles. The minimum atomic E-state index is 0.0917. The van der Waals surface area contributed by atoms with Crippen LogP contribution in [-0.2, 0) is 4.74 Å². The van der Waals surface area contributed by atoms with Crippen molar-refractivity contribution in [2.45, 2.75) is 63.5 Å². The number of hydrogen-bond donors (Lipinski definition) is 0.